The average Bonchev–Trinajstić information content (AvgIpc) is 2.43. The highest BCUT2D eigenvalue weighted by molar-refractivity contribution is 5.81. The molecule has 0 unspecified atom stereocenters. The van der Waals surface area contributed by atoms with Crippen LogP contribution < -0.4 is 5.32 Å². The zero-order valence-corrected chi connectivity index (χ0v) is 13.4. The maximum Gasteiger partial charge on any atom is 0.408 e. The van der Waals surface area contributed by atoms with Crippen LogP contribution in [0.15, 0.2) is 30.3 Å². The Kier molecular flexibility index (Phi) is 6.89. The monoisotopic (exact) mass is 306 g/mol. The molecule has 0 saturated heterocycles. The molecule has 22 heavy (non-hydrogen) atoms. The summed E-state index contributed by atoms with van der Waals surface area (Å²) < 4.78 is 10.4. The van der Waals surface area contributed by atoms with Gasteiger partial charge in [0.15, 0.2) is 0 Å². The standard InChI is InChI=1S/C17H24NO4/c1-5-9-14(18-16(20)22-17(2,3)4)15(19)21-12-13-10-7-6-8-11-13/h6-8,10-11,14H,1,5,9,12H2,2-4H3,(H,18,20)/t14-/m0/s1. The third kappa shape index (κ3) is 7.11. The number of hydrogen-bond donors (Lipinski definition) is 1. The maximum absolute atomic E-state index is 12.1. The number of esters is 1. The molecular weight excluding hydrogens is 282 g/mol. The first-order valence-electron chi connectivity index (χ1n) is 7.31. The number of rotatable bonds is 6. The molecule has 1 atom stereocenters. The molecule has 1 rings (SSSR count). The molecule has 1 radical (unpaired) electrons. The number of carbonyl (C=O) groups is 2. The fraction of sp³-hybridized carbons (Fsp3) is 0.471. The van der Waals surface area contributed by atoms with E-state index in [0.29, 0.717) is 12.8 Å². The molecule has 0 fully saturated rings. The summed E-state index contributed by atoms with van der Waals surface area (Å²) in [5.74, 6) is -0.488. The van der Waals surface area contributed by atoms with Crippen molar-refractivity contribution >= 4 is 12.1 Å². The molecule has 5 nitrogen and oxygen atoms in total. The van der Waals surface area contributed by atoms with E-state index >= 15 is 0 Å². The molecule has 0 aliphatic heterocycles. The fourth-order valence-corrected chi connectivity index (χ4v) is 1.73. The van der Waals surface area contributed by atoms with Crippen molar-refractivity contribution in [1.29, 1.82) is 0 Å². The normalized spacial score (nSPS) is 12.4. The molecule has 1 N–H and O–H groups in total. The smallest absolute Gasteiger partial charge is 0.408 e. The largest absolute Gasteiger partial charge is 0.459 e. The van der Waals surface area contributed by atoms with E-state index in [2.05, 4.69) is 12.2 Å². The van der Waals surface area contributed by atoms with Gasteiger partial charge < -0.3 is 14.8 Å². The Bertz CT molecular complexity index is 479. The third-order valence-electron chi connectivity index (χ3n) is 2.69. The highest BCUT2D eigenvalue weighted by Crippen LogP contribution is 2.09. The summed E-state index contributed by atoms with van der Waals surface area (Å²) in [4.78, 5) is 23.8. The van der Waals surface area contributed by atoms with Crippen molar-refractivity contribution < 1.29 is 19.1 Å². The van der Waals surface area contributed by atoms with Crippen LogP contribution in [0, 0.1) is 6.92 Å². The predicted molar refractivity (Wildman–Crippen MR) is 84.0 cm³/mol. The first kappa shape index (κ1) is 18.0. The van der Waals surface area contributed by atoms with Crippen molar-refractivity contribution in [3.05, 3.63) is 42.8 Å². The minimum atomic E-state index is -0.754. The van der Waals surface area contributed by atoms with E-state index in [4.69, 9.17) is 9.47 Å². The van der Waals surface area contributed by atoms with Gasteiger partial charge in [-0.05, 0) is 32.8 Å². The van der Waals surface area contributed by atoms with E-state index in [1.54, 1.807) is 20.8 Å². The minimum Gasteiger partial charge on any atom is -0.459 e. The first-order chi connectivity index (χ1) is 10.3. The van der Waals surface area contributed by atoms with Gasteiger partial charge >= 0.3 is 12.1 Å². The van der Waals surface area contributed by atoms with Gasteiger partial charge in [0.1, 0.15) is 18.2 Å². The van der Waals surface area contributed by atoms with Gasteiger partial charge in [-0.15, -0.1) is 0 Å². The van der Waals surface area contributed by atoms with E-state index in [-0.39, 0.29) is 6.61 Å². The van der Waals surface area contributed by atoms with Crippen LogP contribution in [0.3, 0.4) is 0 Å². The van der Waals surface area contributed by atoms with Crippen molar-refractivity contribution in [2.75, 3.05) is 0 Å². The molecule has 0 aliphatic rings. The third-order valence-corrected chi connectivity index (χ3v) is 2.69. The Morgan fingerprint density at radius 3 is 2.41 bits per heavy atom. The summed E-state index contributed by atoms with van der Waals surface area (Å²) >= 11 is 0. The van der Waals surface area contributed by atoms with Crippen LogP contribution >= 0.6 is 0 Å². The molecule has 0 aromatic heterocycles. The number of amides is 1. The van der Waals surface area contributed by atoms with Gasteiger partial charge in [-0.1, -0.05) is 43.7 Å². The zero-order chi connectivity index (χ0) is 16.6. The first-order valence-corrected chi connectivity index (χ1v) is 7.31. The molecule has 1 aromatic rings. The lowest BCUT2D eigenvalue weighted by atomic mass is 10.1. The highest BCUT2D eigenvalue weighted by atomic mass is 16.6. The van der Waals surface area contributed by atoms with Gasteiger partial charge in [0, 0.05) is 0 Å². The number of carbonyl (C=O) groups excluding carboxylic acids is 2. The Labute approximate surface area is 132 Å². The summed E-state index contributed by atoms with van der Waals surface area (Å²) in [5.41, 5.74) is 0.272. The Hall–Kier alpha value is -2.04. The fourth-order valence-electron chi connectivity index (χ4n) is 1.73. The molecule has 0 saturated carbocycles. The van der Waals surface area contributed by atoms with Crippen LogP contribution in [0.2, 0.25) is 0 Å². The van der Waals surface area contributed by atoms with Crippen LogP contribution in [0.1, 0.15) is 39.2 Å². The lowest BCUT2D eigenvalue weighted by molar-refractivity contribution is -0.147. The minimum absolute atomic E-state index is 0.170. The topological polar surface area (TPSA) is 64.6 Å². The molecule has 0 spiro atoms. The van der Waals surface area contributed by atoms with Crippen LogP contribution in [0.5, 0.6) is 0 Å². The van der Waals surface area contributed by atoms with Crippen molar-refractivity contribution in [1.82, 2.24) is 5.32 Å². The number of hydrogen-bond acceptors (Lipinski definition) is 4. The second-order valence-corrected chi connectivity index (χ2v) is 5.93. The number of ether oxygens (including phenoxy) is 2. The Morgan fingerprint density at radius 2 is 1.86 bits per heavy atom. The number of alkyl carbamates (subject to hydrolysis) is 1. The molecule has 121 valence electrons. The summed E-state index contributed by atoms with van der Waals surface area (Å²) in [7, 11) is 0. The quantitative estimate of drug-likeness (QED) is 0.819. The van der Waals surface area contributed by atoms with Crippen molar-refractivity contribution in [3.8, 4) is 0 Å². The van der Waals surface area contributed by atoms with Gasteiger partial charge in [0.2, 0.25) is 0 Å². The van der Waals surface area contributed by atoms with E-state index in [1.807, 2.05) is 30.3 Å². The second-order valence-electron chi connectivity index (χ2n) is 5.93. The Balaban J connectivity index is 2.54. The molecule has 1 aromatic carbocycles. The van der Waals surface area contributed by atoms with E-state index in [0.717, 1.165) is 5.56 Å². The van der Waals surface area contributed by atoms with E-state index in [1.165, 1.54) is 0 Å². The van der Waals surface area contributed by atoms with Gasteiger partial charge in [0.25, 0.3) is 0 Å². The summed E-state index contributed by atoms with van der Waals surface area (Å²) in [6, 6.07) is 8.61. The second kappa shape index (κ2) is 8.41. The van der Waals surface area contributed by atoms with Gasteiger partial charge in [-0.2, -0.15) is 0 Å². The summed E-state index contributed by atoms with van der Waals surface area (Å²) in [5, 5.41) is 2.53. The lowest BCUT2D eigenvalue weighted by Gasteiger charge is -2.22. The average molecular weight is 306 g/mol. The van der Waals surface area contributed by atoms with Gasteiger partial charge in [-0.25, -0.2) is 9.59 Å². The lowest BCUT2D eigenvalue weighted by Crippen LogP contribution is -2.44. The summed E-state index contributed by atoms with van der Waals surface area (Å²) in [6.45, 7) is 9.16. The molecule has 0 bridgehead atoms. The van der Waals surface area contributed by atoms with Gasteiger partial charge in [-0.3, -0.25) is 0 Å². The number of benzene rings is 1. The van der Waals surface area contributed by atoms with Crippen molar-refractivity contribution in [3.63, 3.8) is 0 Å². The van der Waals surface area contributed by atoms with Crippen molar-refractivity contribution in [2.24, 2.45) is 0 Å². The van der Waals surface area contributed by atoms with E-state index in [9.17, 15) is 9.59 Å². The van der Waals surface area contributed by atoms with Crippen LogP contribution in [0.4, 0.5) is 4.79 Å². The van der Waals surface area contributed by atoms with Crippen LogP contribution in [-0.2, 0) is 20.9 Å². The highest BCUT2D eigenvalue weighted by Gasteiger charge is 2.24. The summed E-state index contributed by atoms with van der Waals surface area (Å²) in [6.07, 6.45) is 0.260. The predicted octanol–water partition coefficient (Wildman–Crippen LogP) is 3.24. The zero-order valence-electron chi connectivity index (χ0n) is 13.4. The maximum atomic E-state index is 12.1. The van der Waals surface area contributed by atoms with Crippen LogP contribution in [0.25, 0.3) is 0 Å². The molecule has 5 heteroatoms. The molecule has 0 aliphatic carbocycles. The van der Waals surface area contributed by atoms with Crippen LogP contribution in [-0.4, -0.2) is 23.7 Å². The van der Waals surface area contributed by atoms with Gasteiger partial charge in [0.05, 0.1) is 0 Å². The van der Waals surface area contributed by atoms with E-state index < -0.39 is 23.7 Å². The molecular formula is C17H24NO4. The molecule has 0 heterocycles. The number of nitrogens with one attached hydrogen (secondary N) is 1. The Morgan fingerprint density at radius 1 is 1.23 bits per heavy atom. The molecule has 1 amide bonds. The SMILES string of the molecule is [CH2]CC[C@H](NC(=O)OC(C)(C)C)C(=O)OCc1ccccc1. The van der Waals surface area contributed by atoms with Crippen molar-refractivity contribution in [2.45, 2.75) is 51.9 Å².